The molecule has 0 aliphatic carbocycles. The maximum Gasteiger partial charge on any atom is 0.257 e. The Balaban J connectivity index is 1.46. The molecule has 0 bridgehead atoms. The highest BCUT2D eigenvalue weighted by Gasteiger charge is 2.32. The monoisotopic (exact) mass is 368 g/mol. The molecule has 1 saturated heterocycles. The summed E-state index contributed by atoms with van der Waals surface area (Å²) in [7, 11) is 1.58. The Labute approximate surface area is 153 Å². The quantitative estimate of drug-likeness (QED) is 0.644. The summed E-state index contributed by atoms with van der Waals surface area (Å²) in [5.74, 6) is 0.654. The molecule has 0 spiro atoms. The fourth-order valence-corrected chi connectivity index (χ4v) is 2.96. The zero-order chi connectivity index (χ0) is 18.8. The van der Waals surface area contributed by atoms with Gasteiger partial charge in [-0.25, -0.2) is 0 Å². The van der Waals surface area contributed by atoms with Crippen LogP contribution < -0.4 is 15.0 Å². The zero-order valence-electron chi connectivity index (χ0n) is 14.4. The van der Waals surface area contributed by atoms with Gasteiger partial charge in [0.2, 0.25) is 5.91 Å². The van der Waals surface area contributed by atoms with Crippen molar-refractivity contribution in [3.8, 4) is 11.6 Å². The number of carbonyl (C=O) groups excluding carboxylic acids is 2. The first-order chi connectivity index (χ1) is 13.2. The van der Waals surface area contributed by atoms with Crippen molar-refractivity contribution in [2.24, 2.45) is 0 Å². The van der Waals surface area contributed by atoms with Crippen LogP contribution >= 0.6 is 0 Å². The van der Waals surface area contributed by atoms with Crippen molar-refractivity contribution in [3.63, 3.8) is 0 Å². The van der Waals surface area contributed by atoms with Gasteiger partial charge in [-0.05, 0) is 34.7 Å². The second kappa shape index (κ2) is 6.86. The maximum absolute atomic E-state index is 12.6. The highest BCUT2D eigenvalue weighted by Crippen LogP contribution is 2.24. The number of anilines is 1. The number of benzene rings is 1. The van der Waals surface area contributed by atoms with Gasteiger partial charge in [0.25, 0.3) is 5.91 Å². The van der Waals surface area contributed by atoms with E-state index in [4.69, 9.17) is 4.74 Å². The Kier molecular flexibility index (Phi) is 4.24. The van der Waals surface area contributed by atoms with Gasteiger partial charge in [-0.3, -0.25) is 14.7 Å². The number of amides is 2. The molecule has 0 unspecified atom stereocenters. The smallest absolute Gasteiger partial charge is 0.257 e. The Morgan fingerprint density at radius 3 is 2.85 bits per heavy atom. The molecule has 3 heterocycles. The van der Waals surface area contributed by atoms with E-state index < -0.39 is 0 Å². The first-order valence-electron chi connectivity index (χ1n) is 8.17. The van der Waals surface area contributed by atoms with Crippen LogP contribution in [0, 0.1) is 0 Å². The van der Waals surface area contributed by atoms with E-state index in [1.165, 1.54) is 17.2 Å². The van der Waals surface area contributed by atoms with E-state index >= 15 is 0 Å². The molecule has 27 heavy (non-hydrogen) atoms. The minimum absolute atomic E-state index is 0.0571. The molecule has 0 saturated carbocycles. The van der Waals surface area contributed by atoms with Crippen LogP contribution in [0.2, 0.25) is 0 Å². The van der Waals surface area contributed by atoms with Gasteiger partial charge < -0.3 is 15.0 Å². The van der Waals surface area contributed by atoms with Crippen molar-refractivity contribution in [2.45, 2.75) is 12.5 Å². The van der Waals surface area contributed by atoms with E-state index in [2.05, 4.69) is 31.0 Å². The van der Waals surface area contributed by atoms with Crippen LogP contribution in [0.4, 0.5) is 5.69 Å². The Morgan fingerprint density at radius 2 is 2.15 bits per heavy atom. The van der Waals surface area contributed by atoms with Gasteiger partial charge in [-0.15, -0.1) is 5.10 Å². The third-order valence-corrected chi connectivity index (χ3v) is 4.29. The van der Waals surface area contributed by atoms with Crippen molar-refractivity contribution in [2.75, 3.05) is 18.6 Å². The van der Waals surface area contributed by atoms with Crippen LogP contribution in [0.3, 0.4) is 0 Å². The standard InChI is InChI=1S/C16H16N8O3/c1-27-12-4-2-11(3-5-12)23-8-10(6-14(23)25)19-16(26)13-7-17-20-15(13)24-9-18-21-22-24/h2-5,7,9-10H,6,8H2,1H3,(H,17,20)(H,19,26)/t10-/m0/s1. The van der Waals surface area contributed by atoms with E-state index in [0.717, 1.165) is 5.69 Å². The maximum atomic E-state index is 12.6. The summed E-state index contributed by atoms with van der Waals surface area (Å²) in [5, 5.41) is 20.3. The van der Waals surface area contributed by atoms with Crippen molar-refractivity contribution < 1.29 is 14.3 Å². The Morgan fingerprint density at radius 1 is 1.33 bits per heavy atom. The number of aromatic amines is 1. The van der Waals surface area contributed by atoms with E-state index in [-0.39, 0.29) is 29.8 Å². The van der Waals surface area contributed by atoms with Crippen LogP contribution in [0.5, 0.6) is 5.75 Å². The van der Waals surface area contributed by atoms with Gasteiger partial charge in [-0.1, -0.05) is 0 Å². The minimum Gasteiger partial charge on any atom is -0.497 e. The lowest BCUT2D eigenvalue weighted by molar-refractivity contribution is -0.117. The predicted molar refractivity (Wildman–Crippen MR) is 92.5 cm³/mol. The van der Waals surface area contributed by atoms with Crippen molar-refractivity contribution in [1.82, 2.24) is 35.7 Å². The lowest BCUT2D eigenvalue weighted by atomic mass is 10.2. The average Bonchev–Trinajstić information content (AvgIpc) is 3.42. The first kappa shape index (κ1) is 16.7. The number of methoxy groups -OCH3 is 1. The molecule has 11 heteroatoms. The number of nitrogens with zero attached hydrogens (tertiary/aromatic N) is 6. The summed E-state index contributed by atoms with van der Waals surface area (Å²) < 4.78 is 6.44. The van der Waals surface area contributed by atoms with E-state index in [1.54, 1.807) is 24.1 Å². The second-order valence-corrected chi connectivity index (χ2v) is 5.96. The molecule has 1 atom stereocenters. The molecule has 2 aromatic heterocycles. The van der Waals surface area contributed by atoms with E-state index in [1.807, 2.05) is 12.1 Å². The van der Waals surface area contributed by atoms with Crippen molar-refractivity contribution in [3.05, 3.63) is 42.4 Å². The number of hydrogen-bond acceptors (Lipinski definition) is 7. The number of H-pyrrole nitrogens is 1. The molecule has 138 valence electrons. The second-order valence-electron chi connectivity index (χ2n) is 5.96. The van der Waals surface area contributed by atoms with Crippen LogP contribution in [0.1, 0.15) is 16.8 Å². The molecule has 11 nitrogen and oxygen atoms in total. The molecular formula is C16H16N8O3. The summed E-state index contributed by atoms with van der Waals surface area (Å²) in [6.07, 6.45) is 2.97. The van der Waals surface area contributed by atoms with E-state index in [9.17, 15) is 9.59 Å². The molecule has 2 N–H and O–H groups in total. The minimum atomic E-state index is -0.358. The third-order valence-electron chi connectivity index (χ3n) is 4.29. The van der Waals surface area contributed by atoms with Gasteiger partial charge in [-0.2, -0.15) is 9.78 Å². The largest absolute Gasteiger partial charge is 0.497 e. The van der Waals surface area contributed by atoms with Crippen LogP contribution in [0.25, 0.3) is 5.82 Å². The number of nitrogens with one attached hydrogen (secondary N) is 2. The highest BCUT2D eigenvalue weighted by molar-refractivity contribution is 6.00. The molecule has 3 aromatic rings. The molecule has 0 radical (unpaired) electrons. The topological polar surface area (TPSA) is 131 Å². The molecule has 4 rings (SSSR count). The zero-order valence-corrected chi connectivity index (χ0v) is 14.4. The highest BCUT2D eigenvalue weighted by atomic mass is 16.5. The summed E-state index contributed by atoms with van der Waals surface area (Å²) >= 11 is 0. The molecule has 1 aromatic carbocycles. The number of aromatic nitrogens is 6. The first-order valence-corrected chi connectivity index (χ1v) is 8.17. The van der Waals surface area contributed by atoms with Crippen molar-refractivity contribution >= 4 is 17.5 Å². The lowest BCUT2D eigenvalue weighted by Crippen LogP contribution is -2.37. The Hall–Kier alpha value is -3.76. The number of rotatable bonds is 5. The predicted octanol–water partition coefficient (Wildman–Crippen LogP) is -0.0707. The SMILES string of the molecule is COc1ccc(N2C[C@@H](NC(=O)c3cn[nH]c3-n3cnnn3)CC2=O)cc1. The summed E-state index contributed by atoms with van der Waals surface area (Å²) in [5.41, 5.74) is 1.05. The summed E-state index contributed by atoms with van der Waals surface area (Å²) in [4.78, 5) is 26.6. The summed E-state index contributed by atoms with van der Waals surface area (Å²) in [6.45, 7) is 0.384. The molecule has 2 amide bonds. The fourth-order valence-electron chi connectivity index (χ4n) is 2.96. The van der Waals surface area contributed by atoms with Gasteiger partial charge in [0.15, 0.2) is 5.82 Å². The Bertz CT molecular complexity index is 950. The number of carbonyl (C=O) groups is 2. The fraction of sp³-hybridized carbons (Fsp3) is 0.250. The third kappa shape index (κ3) is 3.21. The van der Waals surface area contributed by atoms with Crippen LogP contribution in [-0.2, 0) is 4.79 Å². The molecular weight excluding hydrogens is 352 g/mol. The normalized spacial score (nSPS) is 16.6. The molecule has 1 fully saturated rings. The van der Waals surface area contributed by atoms with E-state index in [0.29, 0.717) is 18.1 Å². The molecule has 1 aliphatic heterocycles. The summed E-state index contributed by atoms with van der Waals surface area (Å²) in [6, 6.07) is 6.89. The van der Waals surface area contributed by atoms with Crippen LogP contribution in [-0.4, -0.2) is 61.9 Å². The van der Waals surface area contributed by atoms with Gasteiger partial charge in [0, 0.05) is 18.7 Å². The van der Waals surface area contributed by atoms with Gasteiger partial charge in [0.05, 0.1) is 19.3 Å². The number of ether oxygens (including phenoxy) is 1. The lowest BCUT2D eigenvalue weighted by Gasteiger charge is -2.17. The average molecular weight is 368 g/mol. The molecule has 1 aliphatic rings. The van der Waals surface area contributed by atoms with Crippen LogP contribution in [0.15, 0.2) is 36.8 Å². The van der Waals surface area contributed by atoms with Gasteiger partial charge in [0.1, 0.15) is 17.6 Å². The number of hydrogen-bond donors (Lipinski definition) is 2. The number of tetrazole rings is 1. The van der Waals surface area contributed by atoms with Gasteiger partial charge >= 0.3 is 0 Å². The van der Waals surface area contributed by atoms with Crippen molar-refractivity contribution in [1.29, 1.82) is 0 Å².